The number of carbonyl (C=O) groups excluding carboxylic acids is 3. The maximum Gasteiger partial charge on any atom is 0.261 e. The predicted octanol–water partition coefficient (Wildman–Crippen LogP) is 4.59. The van der Waals surface area contributed by atoms with Gasteiger partial charge in [-0.1, -0.05) is 36.4 Å². The van der Waals surface area contributed by atoms with E-state index >= 15 is 0 Å². The van der Waals surface area contributed by atoms with E-state index in [1.165, 1.54) is 22.7 Å². The van der Waals surface area contributed by atoms with Crippen LogP contribution in [0.4, 0.5) is 4.39 Å². The Hall–Kier alpha value is -3.45. The highest BCUT2D eigenvalue weighted by Crippen LogP contribution is 2.37. The van der Waals surface area contributed by atoms with Crippen LogP contribution in [0.2, 0.25) is 0 Å². The molecule has 2 heterocycles. The average molecular weight is 447 g/mol. The topological polar surface area (TPSA) is 66.5 Å². The first-order chi connectivity index (χ1) is 15.5. The Balaban J connectivity index is 1.28. The molecule has 0 aromatic heterocycles. The Kier molecular flexibility index (Phi) is 5.27. The first-order valence-corrected chi connectivity index (χ1v) is 11.3. The van der Waals surface area contributed by atoms with Gasteiger partial charge in [0.2, 0.25) is 0 Å². The molecule has 1 unspecified atom stereocenters. The number of hydrogen-bond donors (Lipinski definition) is 1. The van der Waals surface area contributed by atoms with Crippen molar-refractivity contribution in [3.05, 3.63) is 100 Å². The zero-order valence-corrected chi connectivity index (χ0v) is 17.8. The van der Waals surface area contributed by atoms with Crippen molar-refractivity contribution in [1.29, 1.82) is 0 Å². The van der Waals surface area contributed by atoms with Gasteiger partial charge in [0.1, 0.15) is 5.82 Å². The van der Waals surface area contributed by atoms with Crippen LogP contribution < -0.4 is 5.32 Å². The third kappa shape index (κ3) is 3.58. The van der Waals surface area contributed by atoms with E-state index in [1.807, 2.05) is 6.07 Å². The molecule has 0 saturated heterocycles. The Labute approximate surface area is 188 Å². The summed E-state index contributed by atoms with van der Waals surface area (Å²) in [5.74, 6) is -0.395. The van der Waals surface area contributed by atoms with E-state index in [0.717, 1.165) is 23.3 Å². The van der Waals surface area contributed by atoms with Crippen LogP contribution in [0.25, 0.3) is 0 Å². The minimum atomic E-state index is -0.312. The van der Waals surface area contributed by atoms with Gasteiger partial charge in [-0.2, -0.15) is 0 Å². The van der Waals surface area contributed by atoms with Crippen LogP contribution in [0.15, 0.2) is 71.6 Å². The molecule has 2 aliphatic heterocycles. The number of benzene rings is 3. The van der Waals surface area contributed by atoms with Gasteiger partial charge in [-0.3, -0.25) is 19.3 Å². The van der Waals surface area contributed by atoms with Gasteiger partial charge in [-0.25, -0.2) is 4.39 Å². The van der Waals surface area contributed by atoms with E-state index < -0.39 is 0 Å². The molecule has 0 bridgehead atoms. The summed E-state index contributed by atoms with van der Waals surface area (Å²) >= 11 is 1.47. The highest BCUT2D eigenvalue weighted by Gasteiger charge is 2.35. The quantitative estimate of drug-likeness (QED) is 0.596. The fourth-order valence-electron chi connectivity index (χ4n) is 4.10. The molecule has 0 fully saturated rings. The van der Waals surface area contributed by atoms with Gasteiger partial charge in [-0.15, -0.1) is 11.8 Å². The molecule has 2 aliphatic rings. The molecule has 5 nitrogen and oxygen atoms in total. The van der Waals surface area contributed by atoms with Crippen LogP contribution >= 0.6 is 11.8 Å². The number of fused-ring (bicyclic) bond motifs is 2. The zero-order chi connectivity index (χ0) is 22.2. The lowest BCUT2D eigenvalue weighted by Crippen LogP contribution is -2.31. The minimum Gasteiger partial charge on any atom is -0.345 e. The van der Waals surface area contributed by atoms with Crippen molar-refractivity contribution in [2.24, 2.45) is 0 Å². The second-order valence-corrected chi connectivity index (χ2v) is 8.87. The van der Waals surface area contributed by atoms with Crippen LogP contribution in [0, 0.1) is 5.82 Å². The van der Waals surface area contributed by atoms with Crippen molar-refractivity contribution in [3.63, 3.8) is 0 Å². The molecule has 7 heteroatoms. The molecule has 1 N–H and O–H groups in total. The molecule has 0 spiro atoms. The van der Waals surface area contributed by atoms with Gasteiger partial charge >= 0.3 is 0 Å². The van der Waals surface area contributed by atoms with Crippen molar-refractivity contribution in [2.45, 2.75) is 23.9 Å². The molecule has 160 valence electrons. The number of amides is 3. The molecule has 3 aromatic carbocycles. The fourth-order valence-corrected chi connectivity index (χ4v) is 5.25. The van der Waals surface area contributed by atoms with Crippen molar-refractivity contribution in [2.75, 3.05) is 5.75 Å². The van der Waals surface area contributed by atoms with Gasteiger partial charge < -0.3 is 5.32 Å². The number of carbonyl (C=O) groups is 3. The summed E-state index contributed by atoms with van der Waals surface area (Å²) < 4.78 is 14.1. The number of halogens is 1. The predicted molar refractivity (Wildman–Crippen MR) is 119 cm³/mol. The number of rotatable bonds is 4. The first-order valence-electron chi connectivity index (χ1n) is 10.3. The van der Waals surface area contributed by atoms with E-state index in [0.29, 0.717) is 21.6 Å². The first kappa shape index (κ1) is 20.5. The van der Waals surface area contributed by atoms with Crippen LogP contribution in [0.3, 0.4) is 0 Å². The number of nitrogens with one attached hydrogen (secondary N) is 1. The van der Waals surface area contributed by atoms with Crippen LogP contribution in [0.1, 0.15) is 54.7 Å². The van der Waals surface area contributed by atoms with Crippen molar-refractivity contribution >= 4 is 29.5 Å². The second kappa shape index (κ2) is 8.24. The average Bonchev–Trinajstić information content (AvgIpc) is 3.05. The summed E-state index contributed by atoms with van der Waals surface area (Å²) in [5, 5.41) is 3.00. The van der Waals surface area contributed by atoms with E-state index in [1.54, 1.807) is 54.6 Å². The molecular weight excluding hydrogens is 427 g/mol. The number of imide groups is 1. The van der Waals surface area contributed by atoms with Gasteiger partial charge in [0.25, 0.3) is 17.7 Å². The molecule has 5 rings (SSSR count). The Bertz CT molecular complexity index is 1210. The van der Waals surface area contributed by atoms with Crippen LogP contribution in [0.5, 0.6) is 0 Å². The summed E-state index contributed by atoms with van der Waals surface area (Å²) in [6.07, 6.45) is 0.727. The third-order valence-corrected chi connectivity index (χ3v) is 6.93. The second-order valence-electron chi connectivity index (χ2n) is 7.76. The lowest BCUT2D eigenvalue weighted by Gasteiger charge is -2.26. The summed E-state index contributed by atoms with van der Waals surface area (Å²) in [7, 11) is 0. The molecule has 0 aliphatic carbocycles. The number of thioether (sulfide) groups is 1. The van der Waals surface area contributed by atoms with Crippen molar-refractivity contribution < 1.29 is 18.8 Å². The number of hydrogen-bond acceptors (Lipinski definition) is 4. The van der Waals surface area contributed by atoms with Gasteiger partial charge in [0, 0.05) is 16.2 Å². The van der Waals surface area contributed by atoms with Crippen LogP contribution in [-0.2, 0) is 6.54 Å². The molecule has 3 amide bonds. The smallest absolute Gasteiger partial charge is 0.261 e. The zero-order valence-electron chi connectivity index (χ0n) is 17.0. The molecule has 0 radical (unpaired) electrons. The van der Waals surface area contributed by atoms with Gasteiger partial charge in [0.05, 0.1) is 23.7 Å². The Morgan fingerprint density at radius 2 is 1.66 bits per heavy atom. The third-order valence-electron chi connectivity index (χ3n) is 5.77. The summed E-state index contributed by atoms with van der Waals surface area (Å²) in [4.78, 5) is 39.7. The van der Waals surface area contributed by atoms with E-state index in [-0.39, 0.29) is 36.1 Å². The highest BCUT2D eigenvalue weighted by atomic mass is 32.2. The lowest BCUT2D eigenvalue weighted by atomic mass is 10.0. The minimum absolute atomic E-state index is 0.140. The maximum atomic E-state index is 14.1. The maximum absolute atomic E-state index is 14.1. The molecule has 32 heavy (non-hydrogen) atoms. The molecule has 0 saturated carbocycles. The normalized spacial score (nSPS) is 17.2. The Morgan fingerprint density at radius 3 is 2.34 bits per heavy atom. The Morgan fingerprint density at radius 1 is 0.969 bits per heavy atom. The van der Waals surface area contributed by atoms with E-state index in [2.05, 4.69) is 5.32 Å². The number of nitrogens with zero attached hydrogens (tertiary/aromatic N) is 1. The van der Waals surface area contributed by atoms with E-state index in [9.17, 15) is 18.8 Å². The largest absolute Gasteiger partial charge is 0.345 e. The molecular formula is C25H19FN2O3S. The summed E-state index contributed by atoms with van der Waals surface area (Å²) in [6.45, 7) is 0.140. The highest BCUT2D eigenvalue weighted by molar-refractivity contribution is 7.99. The summed E-state index contributed by atoms with van der Waals surface area (Å²) in [5.41, 5.74) is 2.84. The standard InChI is InChI=1S/C25H19FN2O3S/c26-20-7-3-6-19-21(12-13-32-22(19)20)27-23(29)16-10-8-15(9-11-16)14-28-24(30)17-4-1-2-5-18(17)25(28)31/h1-11,21H,12-14H2,(H,27,29). The monoisotopic (exact) mass is 446 g/mol. The van der Waals surface area contributed by atoms with Gasteiger partial charge in [0.15, 0.2) is 0 Å². The molecule has 1 atom stereocenters. The fraction of sp³-hybridized carbons (Fsp3) is 0.160. The van der Waals surface area contributed by atoms with Crippen LogP contribution in [-0.4, -0.2) is 28.4 Å². The summed E-state index contributed by atoms with van der Waals surface area (Å²) in [6, 6.07) is 18.3. The van der Waals surface area contributed by atoms with Crippen molar-refractivity contribution in [3.8, 4) is 0 Å². The van der Waals surface area contributed by atoms with E-state index in [4.69, 9.17) is 0 Å². The molecule has 3 aromatic rings. The lowest BCUT2D eigenvalue weighted by molar-refractivity contribution is 0.0641. The SMILES string of the molecule is O=C(NC1CCSc2c(F)cccc21)c1ccc(CN2C(=O)c3ccccc3C2=O)cc1. The van der Waals surface area contributed by atoms with Crippen molar-refractivity contribution in [1.82, 2.24) is 10.2 Å². The van der Waals surface area contributed by atoms with Gasteiger partial charge in [-0.05, 0) is 47.9 Å².